The van der Waals surface area contributed by atoms with E-state index in [1.165, 1.54) is 0 Å². The summed E-state index contributed by atoms with van der Waals surface area (Å²) in [5.74, 6) is 0. The number of hydrogen-bond donors (Lipinski definition) is 3. The number of benzene rings is 1. The van der Waals surface area contributed by atoms with Crippen LogP contribution in [0.1, 0.15) is 5.56 Å². The van der Waals surface area contributed by atoms with Gasteiger partial charge in [-0.3, -0.25) is 0 Å². The number of amides is 1. The van der Waals surface area contributed by atoms with Crippen molar-refractivity contribution in [2.75, 3.05) is 6.61 Å². The summed E-state index contributed by atoms with van der Waals surface area (Å²) in [6.07, 6.45) is -0.612. The predicted octanol–water partition coefficient (Wildman–Crippen LogP) is 1.46. The monoisotopic (exact) mass is 321 g/mol. The highest BCUT2D eigenvalue weighted by molar-refractivity contribution is 14.1. The number of aliphatic hydroxyl groups is 1. The van der Waals surface area contributed by atoms with Gasteiger partial charge in [-0.05, 0) is 46.7 Å². The van der Waals surface area contributed by atoms with Crippen molar-refractivity contribution in [1.29, 1.82) is 0 Å². The number of halogens is 1. The number of nitrogens with one attached hydrogen (secondary N) is 1. The fourth-order valence-electron chi connectivity index (χ4n) is 1.28. The number of aliphatic hydroxyl groups excluding tert-OH is 1. The maximum atomic E-state index is 10.4. The molecule has 3 N–H and O–H groups in total. The Morgan fingerprint density at radius 1 is 1.53 bits per heavy atom. The molecule has 15 heavy (non-hydrogen) atoms. The molecule has 0 bridgehead atoms. The van der Waals surface area contributed by atoms with Crippen molar-refractivity contribution in [3.8, 4) is 0 Å². The van der Waals surface area contributed by atoms with Gasteiger partial charge in [0.2, 0.25) is 0 Å². The Bertz CT molecular complexity index is 343. The third-order valence-electron chi connectivity index (χ3n) is 1.92. The summed E-state index contributed by atoms with van der Waals surface area (Å²) in [5, 5.41) is 19.8. The molecule has 4 nitrogen and oxygen atoms in total. The van der Waals surface area contributed by atoms with Crippen LogP contribution in [0.4, 0.5) is 4.79 Å². The van der Waals surface area contributed by atoms with Gasteiger partial charge in [-0.2, -0.15) is 0 Å². The lowest BCUT2D eigenvalue weighted by atomic mass is 10.1. The van der Waals surface area contributed by atoms with Gasteiger partial charge in [0.25, 0.3) is 0 Å². The highest BCUT2D eigenvalue weighted by Crippen LogP contribution is 2.09. The Morgan fingerprint density at radius 3 is 2.80 bits per heavy atom. The Labute approximate surface area is 101 Å². The highest BCUT2D eigenvalue weighted by atomic mass is 127. The molecule has 0 fully saturated rings. The van der Waals surface area contributed by atoms with Crippen LogP contribution in [0.25, 0.3) is 0 Å². The molecule has 0 aromatic heterocycles. The molecule has 82 valence electrons. The summed E-state index contributed by atoms with van der Waals surface area (Å²) in [6.45, 7) is -0.197. The third-order valence-corrected chi connectivity index (χ3v) is 2.59. The molecule has 0 aliphatic rings. The second-order valence-corrected chi connectivity index (χ2v) is 4.41. The van der Waals surface area contributed by atoms with Crippen molar-refractivity contribution in [2.24, 2.45) is 0 Å². The molecule has 1 amide bonds. The molecule has 1 aromatic rings. The highest BCUT2D eigenvalue weighted by Gasteiger charge is 2.10. The average molecular weight is 321 g/mol. The normalized spacial score (nSPS) is 12.1. The van der Waals surface area contributed by atoms with E-state index in [1.807, 2.05) is 24.3 Å². The Morgan fingerprint density at radius 2 is 2.27 bits per heavy atom. The molecule has 0 spiro atoms. The van der Waals surface area contributed by atoms with Crippen LogP contribution >= 0.6 is 22.6 Å². The van der Waals surface area contributed by atoms with Gasteiger partial charge in [0.1, 0.15) is 0 Å². The Kier molecular flexibility index (Phi) is 4.83. The van der Waals surface area contributed by atoms with Gasteiger partial charge in [-0.15, -0.1) is 0 Å². The molecule has 0 heterocycles. The summed E-state index contributed by atoms with van der Waals surface area (Å²) in [4.78, 5) is 10.4. The van der Waals surface area contributed by atoms with Crippen LogP contribution in [0, 0.1) is 3.57 Å². The van der Waals surface area contributed by atoms with Gasteiger partial charge in [0.15, 0.2) is 0 Å². The number of hydrogen-bond acceptors (Lipinski definition) is 2. The zero-order valence-corrected chi connectivity index (χ0v) is 10.1. The molecule has 1 atom stereocenters. The zero-order chi connectivity index (χ0) is 11.3. The summed E-state index contributed by atoms with van der Waals surface area (Å²) in [6, 6.07) is 7.30. The van der Waals surface area contributed by atoms with Crippen molar-refractivity contribution in [2.45, 2.75) is 12.5 Å². The van der Waals surface area contributed by atoms with Gasteiger partial charge in [0, 0.05) is 3.57 Å². The first-order valence-corrected chi connectivity index (χ1v) is 5.54. The molecular weight excluding hydrogens is 309 g/mol. The molecule has 0 aliphatic carbocycles. The van der Waals surface area contributed by atoms with Gasteiger partial charge in [-0.1, -0.05) is 12.1 Å². The largest absolute Gasteiger partial charge is 0.465 e. The topological polar surface area (TPSA) is 69.6 Å². The molecule has 0 saturated heterocycles. The second-order valence-electron chi connectivity index (χ2n) is 3.16. The minimum absolute atomic E-state index is 0.197. The first-order chi connectivity index (χ1) is 7.11. The van der Waals surface area contributed by atoms with Crippen LogP contribution in [-0.2, 0) is 6.42 Å². The second kappa shape index (κ2) is 5.92. The molecular formula is C10H12INO3. The quantitative estimate of drug-likeness (QED) is 0.736. The summed E-state index contributed by atoms with van der Waals surface area (Å²) >= 11 is 2.19. The van der Waals surface area contributed by atoms with E-state index in [4.69, 9.17) is 10.2 Å². The fourth-order valence-corrected chi connectivity index (χ4v) is 1.89. The fraction of sp³-hybridized carbons (Fsp3) is 0.300. The molecule has 0 radical (unpaired) electrons. The van der Waals surface area contributed by atoms with Crippen LogP contribution in [-0.4, -0.2) is 29.0 Å². The lowest BCUT2D eigenvalue weighted by Crippen LogP contribution is -2.38. The maximum absolute atomic E-state index is 10.4. The van der Waals surface area contributed by atoms with E-state index >= 15 is 0 Å². The molecule has 0 unspecified atom stereocenters. The molecule has 1 aromatic carbocycles. The number of carbonyl (C=O) groups is 1. The zero-order valence-electron chi connectivity index (χ0n) is 7.98. The Balaban J connectivity index is 2.62. The van der Waals surface area contributed by atoms with Gasteiger partial charge >= 0.3 is 6.09 Å². The third kappa shape index (κ3) is 4.48. The van der Waals surface area contributed by atoms with Crippen molar-refractivity contribution in [1.82, 2.24) is 5.32 Å². The van der Waals surface area contributed by atoms with Crippen LogP contribution in [0.2, 0.25) is 0 Å². The van der Waals surface area contributed by atoms with Crippen LogP contribution < -0.4 is 5.32 Å². The molecule has 1 rings (SSSR count). The SMILES string of the molecule is O=C(O)N[C@@H](CO)Cc1cccc(I)c1. The van der Waals surface area contributed by atoms with E-state index in [2.05, 4.69) is 27.9 Å². The molecule has 0 aliphatic heterocycles. The van der Waals surface area contributed by atoms with E-state index in [9.17, 15) is 4.79 Å². The summed E-state index contributed by atoms with van der Waals surface area (Å²) in [7, 11) is 0. The van der Waals surface area contributed by atoms with Crippen molar-refractivity contribution < 1.29 is 15.0 Å². The van der Waals surface area contributed by atoms with E-state index in [-0.39, 0.29) is 6.61 Å². The van der Waals surface area contributed by atoms with Crippen LogP contribution in [0.15, 0.2) is 24.3 Å². The Hall–Kier alpha value is -0.820. The van der Waals surface area contributed by atoms with Crippen molar-refractivity contribution in [3.63, 3.8) is 0 Å². The average Bonchev–Trinajstić information content (AvgIpc) is 2.16. The number of carboxylic acid groups (broad SMARTS) is 1. The predicted molar refractivity (Wildman–Crippen MR) is 64.9 cm³/mol. The minimum atomic E-state index is -1.11. The lowest BCUT2D eigenvalue weighted by Gasteiger charge is -2.13. The van der Waals surface area contributed by atoms with Crippen LogP contribution in [0.5, 0.6) is 0 Å². The van der Waals surface area contributed by atoms with Crippen LogP contribution in [0.3, 0.4) is 0 Å². The number of rotatable bonds is 4. The summed E-state index contributed by atoms with van der Waals surface area (Å²) in [5.41, 5.74) is 1.01. The van der Waals surface area contributed by atoms with Gasteiger partial charge < -0.3 is 15.5 Å². The van der Waals surface area contributed by atoms with E-state index in [0.717, 1.165) is 9.13 Å². The smallest absolute Gasteiger partial charge is 0.404 e. The molecule has 0 saturated carbocycles. The van der Waals surface area contributed by atoms with E-state index < -0.39 is 12.1 Å². The lowest BCUT2D eigenvalue weighted by molar-refractivity contribution is 0.177. The first-order valence-electron chi connectivity index (χ1n) is 4.46. The van der Waals surface area contributed by atoms with Crippen molar-refractivity contribution >= 4 is 28.7 Å². The summed E-state index contributed by atoms with van der Waals surface area (Å²) < 4.78 is 1.09. The first kappa shape index (κ1) is 12.3. The standard InChI is InChI=1S/C10H12INO3/c11-8-3-1-2-7(4-8)5-9(6-13)12-10(14)15/h1-4,9,12-13H,5-6H2,(H,14,15)/t9-/m1/s1. The maximum Gasteiger partial charge on any atom is 0.404 e. The van der Waals surface area contributed by atoms with E-state index in [1.54, 1.807) is 0 Å². The minimum Gasteiger partial charge on any atom is -0.465 e. The van der Waals surface area contributed by atoms with Crippen molar-refractivity contribution in [3.05, 3.63) is 33.4 Å². The van der Waals surface area contributed by atoms with Gasteiger partial charge in [-0.25, -0.2) is 4.79 Å². The van der Waals surface area contributed by atoms with E-state index in [0.29, 0.717) is 6.42 Å². The molecule has 5 heteroatoms. The van der Waals surface area contributed by atoms with Gasteiger partial charge in [0.05, 0.1) is 12.6 Å².